The smallest absolute Gasteiger partial charge is 0.115 e. The molecule has 0 amide bonds. The normalized spacial score (nSPS) is 16.5. The van der Waals surface area contributed by atoms with Gasteiger partial charge in [0.1, 0.15) is 5.75 Å². The number of phenolic OH excluding ortho intramolecular Hbond substituents is 1. The van der Waals surface area contributed by atoms with E-state index in [1.807, 2.05) is 12.1 Å². The summed E-state index contributed by atoms with van der Waals surface area (Å²) in [6.07, 6.45) is 11.6. The Morgan fingerprint density at radius 2 is 1.92 bits per heavy atom. The zero-order chi connectivity index (χ0) is 17.8. The number of terminal acetylenes is 1. The predicted octanol–water partition coefficient (Wildman–Crippen LogP) is 5.64. The number of rotatable bonds is 5. The third-order valence-electron chi connectivity index (χ3n) is 4.77. The number of benzene rings is 2. The van der Waals surface area contributed by atoms with Crippen LogP contribution in [0.1, 0.15) is 36.0 Å². The van der Waals surface area contributed by atoms with Crippen molar-refractivity contribution in [3.63, 3.8) is 0 Å². The van der Waals surface area contributed by atoms with Gasteiger partial charge >= 0.3 is 0 Å². The Balaban J connectivity index is 2.05. The van der Waals surface area contributed by atoms with Crippen LogP contribution in [0.2, 0.25) is 0 Å². The predicted molar refractivity (Wildman–Crippen MR) is 105 cm³/mol. The number of hydrogen-bond donors (Lipinski definition) is 1. The van der Waals surface area contributed by atoms with Crippen molar-refractivity contribution in [2.45, 2.75) is 25.7 Å². The van der Waals surface area contributed by atoms with E-state index in [-0.39, 0.29) is 0 Å². The van der Waals surface area contributed by atoms with Crippen molar-refractivity contribution >= 4 is 5.57 Å². The molecule has 0 spiro atoms. The molecule has 25 heavy (non-hydrogen) atoms. The van der Waals surface area contributed by atoms with Crippen molar-refractivity contribution in [2.75, 3.05) is 0 Å². The van der Waals surface area contributed by atoms with E-state index in [4.69, 9.17) is 6.42 Å². The molecule has 2 aromatic carbocycles. The highest BCUT2D eigenvalue weighted by atomic mass is 16.3. The summed E-state index contributed by atoms with van der Waals surface area (Å²) in [4.78, 5) is 0. The second kappa shape index (κ2) is 7.28. The van der Waals surface area contributed by atoms with Gasteiger partial charge in [0.15, 0.2) is 0 Å². The van der Waals surface area contributed by atoms with Crippen molar-refractivity contribution in [1.82, 2.24) is 0 Å². The summed E-state index contributed by atoms with van der Waals surface area (Å²) in [6, 6.07) is 16.0. The summed E-state index contributed by atoms with van der Waals surface area (Å²) in [5, 5.41) is 9.49. The molecular weight excluding hydrogens is 304 g/mol. The third-order valence-corrected chi connectivity index (χ3v) is 4.77. The molecule has 0 heterocycles. The maximum Gasteiger partial charge on any atom is 0.115 e. The number of hydrogen-bond acceptors (Lipinski definition) is 1. The van der Waals surface area contributed by atoms with Gasteiger partial charge in [-0.05, 0) is 52.8 Å². The zero-order valence-electron chi connectivity index (χ0n) is 14.5. The number of phenols is 1. The fourth-order valence-electron chi connectivity index (χ4n) is 3.56. The first-order valence-corrected chi connectivity index (χ1v) is 8.59. The van der Waals surface area contributed by atoms with Crippen LogP contribution >= 0.6 is 0 Å². The van der Waals surface area contributed by atoms with E-state index in [1.54, 1.807) is 18.2 Å². The Morgan fingerprint density at radius 3 is 2.56 bits per heavy atom. The fourth-order valence-corrected chi connectivity index (χ4v) is 3.56. The van der Waals surface area contributed by atoms with Gasteiger partial charge in [0.25, 0.3) is 0 Å². The molecule has 124 valence electrons. The Bertz CT molecular complexity index is 888. The van der Waals surface area contributed by atoms with Crippen LogP contribution in [0.25, 0.3) is 5.57 Å². The molecular formula is C24H22O. The summed E-state index contributed by atoms with van der Waals surface area (Å²) in [5.74, 6) is 3.38. The average molecular weight is 326 g/mol. The van der Waals surface area contributed by atoms with Crippen molar-refractivity contribution in [3.05, 3.63) is 95.1 Å². The molecule has 1 N–H and O–H groups in total. The van der Waals surface area contributed by atoms with E-state index in [0.717, 1.165) is 18.4 Å². The molecule has 0 saturated carbocycles. The highest BCUT2D eigenvalue weighted by Crippen LogP contribution is 2.42. The second-order valence-electron chi connectivity index (χ2n) is 6.24. The molecule has 1 heteroatoms. The fraction of sp³-hybridized carbons (Fsp3) is 0.167. The lowest BCUT2D eigenvalue weighted by atomic mass is 9.92. The van der Waals surface area contributed by atoms with E-state index in [0.29, 0.717) is 11.7 Å². The second-order valence-corrected chi connectivity index (χ2v) is 6.24. The van der Waals surface area contributed by atoms with Crippen LogP contribution in [0.4, 0.5) is 0 Å². The topological polar surface area (TPSA) is 20.2 Å². The van der Waals surface area contributed by atoms with E-state index < -0.39 is 0 Å². The summed E-state index contributed by atoms with van der Waals surface area (Å²) in [6.45, 7) is 6.00. The Hall–Kier alpha value is -2.98. The van der Waals surface area contributed by atoms with Crippen LogP contribution in [-0.4, -0.2) is 5.11 Å². The largest absolute Gasteiger partial charge is 0.508 e. The van der Waals surface area contributed by atoms with Gasteiger partial charge in [-0.25, -0.2) is 0 Å². The summed E-state index contributed by atoms with van der Waals surface area (Å²) in [5.41, 5.74) is 7.08. The minimum Gasteiger partial charge on any atom is -0.508 e. The standard InChI is InChI=1S/C24H22O/c1-4-18(5-2)21(6-3)24-16-19(22-9-7-8-10-23(22)24)15-17-11-13-20(25)14-12-17/h1,5,7-14,16,19,25H,2,6,15H2,3H3. The monoisotopic (exact) mass is 326 g/mol. The summed E-state index contributed by atoms with van der Waals surface area (Å²) >= 11 is 0. The van der Waals surface area contributed by atoms with E-state index >= 15 is 0 Å². The van der Waals surface area contributed by atoms with Crippen LogP contribution in [0.3, 0.4) is 0 Å². The lowest BCUT2D eigenvalue weighted by molar-refractivity contribution is 0.475. The Morgan fingerprint density at radius 1 is 1.20 bits per heavy atom. The van der Waals surface area contributed by atoms with Crippen molar-refractivity contribution in [1.29, 1.82) is 0 Å². The van der Waals surface area contributed by atoms with E-state index in [9.17, 15) is 5.11 Å². The van der Waals surface area contributed by atoms with Crippen LogP contribution in [0.15, 0.2) is 78.4 Å². The molecule has 1 aliphatic rings. The molecule has 0 aromatic heterocycles. The molecule has 0 fully saturated rings. The van der Waals surface area contributed by atoms with Crippen LogP contribution in [-0.2, 0) is 6.42 Å². The molecule has 0 radical (unpaired) electrons. The van der Waals surface area contributed by atoms with Crippen molar-refractivity contribution < 1.29 is 5.11 Å². The molecule has 1 atom stereocenters. The molecule has 1 nitrogen and oxygen atoms in total. The minimum atomic E-state index is 0.299. The molecule has 1 unspecified atom stereocenters. The SMILES string of the molecule is C#CC(C=C)=C(CC)C1=CC(Cc2ccc(O)cc2)c2ccccc21. The first-order valence-electron chi connectivity index (χ1n) is 8.59. The highest BCUT2D eigenvalue weighted by Gasteiger charge is 2.25. The van der Waals surface area contributed by atoms with E-state index in [1.165, 1.54) is 27.8 Å². The van der Waals surface area contributed by atoms with E-state index in [2.05, 4.69) is 49.8 Å². The summed E-state index contributed by atoms with van der Waals surface area (Å²) in [7, 11) is 0. The maximum absolute atomic E-state index is 9.49. The van der Waals surface area contributed by atoms with Gasteiger partial charge in [-0.1, -0.05) is 68.0 Å². The summed E-state index contributed by atoms with van der Waals surface area (Å²) < 4.78 is 0. The first-order chi connectivity index (χ1) is 12.2. The molecule has 0 aliphatic heterocycles. The molecule has 1 aliphatic carbocycles. The number of aromatic hydroxyl groups is 1. The number of fused-ring (bicyclic) bond motifs is 1. The average Bonchev–Trinajstić information content (AvgIpc) is 3.00. The molecule has 0 bridgehead atoms. The lowest BCUT2D eigenvalue weighted by Crippen LogP contribution is -1.97. The molecule has 3 rings (SSSR count). The quantitative estimate of drug-likeness (QED) is 0.557. The van der Waals surface area contributed by atoms with Crippen LogP contribution < -0.4 is 0 Å². The van der Waals surface area contributed by atoms with Gasteiger partial charge in [0, 0.05) is 11.5 Å². The van der Waals surface area contributed by atoms with Gasteiger partial charge in [-0.2, -0.15) is 0 Å². The van der Waals surface area contributed by atoms with Crippen LogP contribution in [0, 0.1) is 12.3 Å². The van der Waals surface area contributed by atoms with Crippen molar-refractivity contribution in [3.8, 4) is 18.1 Å². The lowest BCUT2D eigenvalue weighted by Gasteiger charge is -2.12. The van der Waals surface area contributed by atoms with Gasteiger partial charge in [-0.3, -0.25) is 0 Å². The zero-order valence-corrected chi connectivity index (χ0v) is 14.5. The third kappa shape index (κ3) is 3.30. The molecule has 0 saturated heterocycles. The van der Waals surface area contributed by atoms with Gasteiger partial charge in [0.2, 0.25) is 0 Å². The van der Waals surface area contributed by atoms with Crippen molar-refractivity contribution in [2.24, 2.45) is 0 Å². The molecule has 2 aromatic rings. The Labute approximate surface area is 150 Å². The first kappa shape index (κ1) is 16.9. The van der Waals surface area contributed by atoms with Gasteiger partial charge in [0.05, 0.1) is 0 Å². The van der Waals surface area contributed by atoms with Gasteiger partial charge in [-0.15, -0.1) is 6.42 Å². The number of allylic oxidation sites excluding steroid dienone is 5. The maximum atomic E-state index is 9.49. The van der Waals surface area contributed by atoms with Crippen LogP contribution in [0.5, 0.6) is 5.75 Å². The Kier molecular flexibility index (Phi) is 4.91. The highest BCUT2D eigenvalue weighted by molar-refractivity contribution is 5.87. The minimum absolute atomic E-state index is 0.299. The van der Waals surface area contributed by atoms with Gasteiger partial charge < -0.3 is 5.11 Å².